The standard InChI is InChI=1S/C16H20N2/c1-17-9-12-6-4-8-15(12)16-11-18-10-13-5-2-3-7-14(13)16/h2-3,5,7,10-12,15,17H,4,6,8-9H2,1H3. The fraction of sp³-hybridized carbons (Fsp3) is 0.438. The molecule has 1 aromatic heterocycles. The minimum atomic E-state index is 0.677. The van der Waals surface area contributed by atoms with E-state index in [0.717, 1.165) is 12.5 Å². The molecule has 18 heavy (non-hydrogen) atoms. The van der Waals surface area contributed by atoms with E-state index >= 15 is 0 Å². The van der Waals surface area contributed by atoms with Crippen molar-refractivity contribution in [3.63, 3.8) is 0 Å². The maximum atomic E-state index is 4.43. The molecule has 1 aliphatic carbocycles. The van der Waals surface area contributed by atoms with Crippen LogP contribution in [0.2, 0.25) is 0 Å². The highest BCUT2D eigenvalue weighted by Crippen LogP contribution is 2.41. The van der Waals surface area contributed by atoms with Crippen molar-refractivity contribution >= 4 is 10.8 Å². The predicted octanol–water partition coefficient (Wildman–Crippen LogP) is 3.34. The second kappa shape index (κ2) is 5.07. The van der Waals surface area contributed by atoms with Crippen LogP contribution in [0.15, 0.2) is 36.7 Å². The average Bonchev–Trinajstić information content (AvgIpc) is 2.87. The van der Waals surface area contributed by atoms with Crippen molar-refractivity contribution in [3.05, 3.63) is 42.2 Å². The smallest absolute Gasteiger partial charge is 0.0346 e. The highest BCUT2D eigenvalue weighted by atomic mass is 14.8. The van der Waals surface area contributed by atoms with Crippen LogP contribution in [-0.2, 0) is 0 Å². The fourth-order valence-electron chi connectivity index (χ4n) is 3.39. The van der Waals surface area contributed by atoms with Gasteiger partial charge in [-0.05, 0) is 49.2 Å². The van der Waals surface area contributed by atoms with E-state index in [-0.39, 0.29) is 0 Å². The lowest BCUT2D eigenvalue weighted by molar-refractivity contribution is 0.464. The highest BCUT2D eigenvalue weighted by molar-refractivity contribution is 5.85. The molecule has 1 aromatic carbocycles. The first-order valence-corrected chi connectivity index (χ1v) is 6.87. The summed E-state index contributed by atoms with van der Waals surface area (Å²) in [6, 6.07) is 8.62. The number of hydrogen-bond acceptors (Lipinski definition) is 2. The van der Waals surface area contributed by atoms with Crippen molar-refractivity contribution in [3.8, 4) is 0 Å². The molecule has 94 valence electrons. The van der Waals surface area contributed by atoms with Gasteiger partial charge in [0.05, 0.1) is 0 Å². The van der Waals surface area contributed by atoms with Crippen LogP contribution in [0.1, 0.15) is 30.7 Å². The summed E-state index contributed by atoms with van der Waals surface area (Å²) in [5.74, 6) is 1.44. The Morgan fingerprint density at radius 2 is 2.11 bits per heavy atom. The van der Waals surface area contributed by atoms with E-state index in [4.69, 9.17) is 0 Å². The Bertz CT molecular complexity index is 530. The third-order valence-electron chi connectivity index (χ3n) is 4.22. The van der Waals surface area contributed by atoms with Crippen LogP contribution in [0.4, 0.5) is 0 Å². The largest absolute Gasteiger partial charge is 0.319 e. The quantitative estimate of drug-likeness (QED) is 0.890. The topological polar surface area (TPSA) is 24.9 Å². The Morgan fingerprint density at radius 3 is 3.00 bits per heavy atom. The third-order valence-corrected chi connectivity index (χ3v) is 4.22. The predicted molar refractivity (Wildman–Crippen MR) is 75.8 cm³/mol. The van der Waals surface area contributed by atoms with Crippen molar-refractivity contribution < 1.29 is 0 Å². The molecule has 2 nitrogen and oxygen atoms in total. The van der Waals surface area contributed by atoms with Gasteiger partial charge in [-0.1, -0.05) is 30.7 Å². The van der Waals surface area contributed by atoms with Crippen molar-refractivity contribution in [2.45, 2.75) is 25.2 Å². The number of nitrogens with one attached hydrogen (secondary N) is 1. The van der Waals surface area contributed by atoms with Crippen LogP contribution >= 0.6 is 0 Å². The molecule has 1 aliphatic rings. The maximum absolute atomic E-state index is 4.43. The SMILES string of the molecule is CNCC1CCCC1c1cncc2ccccc12. The van der Waals surface area contributed by atoms with Gasteiger partial charge in [0.2, 0.25) is 0 Å². The van der Waals surface area contributed by atoms with Gasteiger partial charge < -0.3 is 5.32 Å². The number of benzene rings is 1. The second-order valence-electron chi connectivity index (χ2n) is 5.31. The van der Waals surface area contributed by atoms with E-state index in [9.17, 15) is 0 Å². The molecule has 0 aliphatic heterocycles. The summed E-state index contributed by atoms with van der Waals surface area (Å²) in [7, 11) is 2.05. The summed E-state index contributed by atoms with van der Waals surface area (Å²) in [5, 5.41) is 6.00. The summed E-state index contributed by atoms with van der Waals surface area (Å²) in [6.07, 6.45) is 8.05. The molecule has 0 bridgehead atoms. The van der Waals surface area contributed by atoms with Crippen molar-refractivity contribution in [2.75, 3.05) is 13.6 Å². The molecule has 2 unspecified atom stereocenters. The van der Waals surface area contributed by atoms with Gasteiger partial charge >= 0.3 is 0 Å². The minimum absolute atomic E-state index is 0.677. The van der Waals surface area contributed by atoms with E-state index < -0.39 is 0 Å². The Balaban J connectivity index is 2.03. The normalized spacial score (nSPS) is 23.6. The van der Waals surface area contributed by atoms with Gasteiger partial charge in [0.15, 0.2) is 0 Å². The number of fused-ring (bicyclic) bond motifs is 1. The van der Waals surface area contributed by atoms with Crippen LogP contribution in [0.25, 0.3) is 10.8 Å². The molecular formula is C16H20N2. The zero-order valence-electron chi connectivity index (χ0n) is 10.9. The lowest BCUT2D eigenvalue weighted by Crippen LogP contribution is -2.21. The average molecular weight is 240 g/mol. The first kappa shape index (κ1) is 11.7. The van der Waals surface area contributed by atoms with Crippen LogP contribution < -0.4 is 5.32 Å². The molecule has 2 atom stereocenters. The Labute approximate surface area is 108 Å². The molecule has 1 N–H and O–H groups in total. The monoisotopic (exact) mass is 240 g/mol. The van der Waals surface area contributed by atoms with E-state index in [0.29, 0.717) is 5.92 Å². The summed E-state index contributed by atoms with van der Waals surface area (Å²) in [5.41, 5.74) is 1.45. The Hall–Kier alpha value is -1.41. The van der Waals surface area contributed by atoms with E-state index in [1.807, 2.05) is 6.20 Å². The molecule has 0 spiro atoms. The highest BCUT2D eigenvalue weighted by Gasteiger charge is 2.29. The molecule has 3 rings (SSSR count). The molecular weight excluding hydrogens is 220 g/mol. The molecule has 1 saturated carbocycles. The zero-order valence-corrected chi connectivity index (χ0v) is 10.9. The van der Waals surface area contributed by atoms with Gasteiger partial charge in [-0.2, -0.15) is 0 Å². The van der Waals surface area contributed by atoms with Gasteiger partial charge in [0, 0.05) is 17.8 Å². The first-order valence-electron chi connectivity index (χ1n) is 6.87. The first-order chi connectivity index (χ1) is 8.90. The Morgan fingerprint density at radius 1 is 1.22 bits per heavy atom. The molecule has 1 heterocycles. The van der Waals surface area contributed by atoms with E-state index in [1.54, 1.807) is 0 Å². The van der Waals surface area contributed by atoms with E-state index in [2.05, 4.69) is 47.8 Å². The fourth-order valence-corrected chi connectivity index (χ4v) is 3.39. The van der Waals surface area contributed by atoms with Crippen molar-refractivity contribution in [1.29, 1.82) is 0 Å². The summed E-state index contributed by atoms with van der Waals surface area (Å²) >= 11 is 0. The van der Waals surface area contributed by atoms with Gasteiger partial charge in [0.25, 0.3) is 0 Å². The maximum Gasteiger partial charge on any atom is 0.0346 e. The van der Waals surface area contributed by atoms with Gasteiger partial charge in [-0.25, -0.2) is 0 Å². The molecule has 0 amide bonds. The van der Waals surface area contributed by atoms with Crippen molar-refractivity contribution in [1.82, 2.24) is 10.3 Å². The number of pyridine rings is 1. The molecule has 0 saturated heterocycles. The molecule has 1 fully saturated rings. The number of hydrogen-bond donors (Lipinski definition) is 1. The minimum Gasteiger partial charge on any atom is -0.319 e. The number of nitrogens with zero attached hydrogens (tertiary/aromatic N) is 1. The van der Waals surface area contributed by atoms with Crippen LogP contribution in [-0.4, -0.2) is 18.6 Å². The summed E-state index contributed by atoms with van der Waals surface area (Å²) < 4.78 is 0. The van der Waals surface area contributed by atoms with E-state index in [1.165, 1.54) is 35.6 Å². The van der Waals surface area contributed by atoms with Gasteiger partial charge in [-0.3, -0.25) is 4.98 Å². The van der Waals surface area contributed by atoms with Gasteiger partial charge in [-0.15, -0.1) is 0 Å². The third kappa shape index (κ3) is 2.01. The van der Waals surface area contributed by atoms with Crippen LogP contribution in [0, 0.1) is 5.92 Å². The summed E-state index contributed by atoms with van der Waals surface area (Å²) in [4.78, 5) is 4.43. The number of rotatable bonds is 3. The molecule has 2 heteroatoms. The van der Waals surface area contributed by atoms with Gasteiger partial charge in [0.1, 0.15) is 0 Å². The van der Waals surface area contributed by atoms with Crippen molar-refractivity contribution in [2.24, 2.45) is 5.92 Å². The lowest BCUT2D eigenvalue weighted by Gasteiger charge is -2.20. The molecule has 0 radical (unpaired) electrons. The number of aromatic nitrogens is 1. The molecule has 2 aromatic rings. The Kier molecular flexibility index (Phi) is 3.28. The lowest BCUT2D eigenvalue weighted by atomic mass is 9.87. The second-order valence-corrected chi connectivity index (χ2v) is 5.31. The summed E-state index contributed by atoms with van der Waals surface area (Å²) in [6.45, 7) is 1.12. The zero-order chi connectivity index (χ0) is 12.4. The van der Waals surface area contributed by atoms with Crippen LogP contribution in [0.3, 0.4) is 0 Å². The van der Waals surface area contributed by atoms with Crippen LogP contribution in [0.5, 0.6) is 0 Å².